The van der Waals surface area contributed by atoms with Crippen LogP contribution in [0, 0.1) is 55.8 Å². The monoisotopic (exact) mass is 572 g/mol. The summed E-state index contributed by atoms with van der Waals surface area (Å²) in [5.74, 6) is 0.200. The first-order chi connectivity index (χ1) is 11.5. The second-order valence-electron chi connectivity index (χ2n) is 6.04. The number of nitrogens with one attached hydrogen (secondary N) is 1. The average molecular weight is 573 g/mol. The average Bonchev–Trinajstić information content (AvgIpc) is 2.60. The van der Waals surface area contributed by atoms with E-state index in [1.165, 1.54) is 6.42 Å². The third-order valence-electron chi connectivity index (χ3n) is 3.82. The van der Waals surface area contributed by atoms with E-state index in [9.17, 15) is 5.11 Å². The van der Waals surface area contributed by atoms with E-state index in [1.807, 2.05) is 25.3 Å². The fourth-order valence-electron chi connectivity index (χ4n) is 2.38. The van der Waals surface area contributed by atoms with Gasteiger partial charge in [0.15, 0.2) is 5.90 Å². The second-order valence-corrected chi connectivity index (χ2v) is 6.04. The first-order valence-electron chi connectivity index (χ1n) is 8.87. The van der Waals surface area contributed by atoms with Gasteiger partial charge in [-0.05, 0) is 24.5 Å². The van der Waals surface area contributed by atoms with E-state index < -0.39 is 5.41 Å². The van der Waals surface area contributed by atoms with Crippen molar-refractivity contribution in [3.63, 3.8) is 0 Å². The molecule has 4 nitrogen and oxygen atoms in total. The third-order valence-corrected chi connectivity index (χ3v) is 3.82. The molecule has 2 atom stereocenters. The van der Waals surface area contributed by atoms with Gasteiger partial charge in [-0.3, -0.25) is 10.4 Å². The fraction of sp³-hybridized carbons (Fsp3) is 0.600. The molecular weight excluding hydrogens is 538 g/mol. The van der Waals surface area contributed by atoms with Crippen molar-refractivity contribution in [3.8, 4) is 0 Å². The van der Waals surface area contributed by atoms with Crippen LogP contribution in [0.25, 0.3) is 0 Å². The molecular formula is C20H34N2O2U. The Morgan fingerprint density at radius 3 is 2.40 bits per heavy atom. The minimum absolute atomic E-state index is 0. The van der Waals surface area contributed by atoms with Crippen LogP contribution in [0.15, 0.2) is 24.5 Å². The van der Waals surface area contributed by atoms with Crippen LogP contribution in [0.1, 0.15) is 58.4 Å². The van der Waals surface area contributed by atoms with Crippen molar-refractivity contribution in [1.82, 2.24) is 4.98 Å². The smallest absolute Gasteiger partial charge is 0.475 e. The van der Waals surface area contributed by atoms with Crippen LogP contribution in [0.2, 0.25) is 0 Å². The Morgan fingerprint density at radius 1 is 1.36 bits per heavy atom. The van der Waals surface area contributed by atoms with E-state index >= 15 is 0 Å². The maximum absolute atomic E-state index is 9.27. The fourth-order valence-corrected chi connectivity index (χ4v) is 2.38. The predicted octanol–water partition coefficient (Wildman–Crippen LogP) is 4.63. The summed E-state index contributed by atoms with van der Waals surface area (Å²) in [7, 11) is 0. The molecule has 0 aliphatic carbocycles. The van der Waals surface area contributed by atoms with Gasteiger partial charge in [-0.1, -0.05) is 39.7 Å². The maximum Gasteiger partial charge on any atom is 2.00 e. The molecule has 1 aromatic heterocycles. The molecule has 1 heterocycles. The summed E-state index contributed by atoms with van der Waals surface area (Å²) in [6, 6.07) is 3.89. The Labute approximate surface area is 178 Å². The van der Waals surface area contributed by atoms with Crippen LogP contribution >= 0.6 is 0 Å². The van der Waals surface area contributed by atoms with Crippen molar-refractivity contribution in [2.75, 3.05) is 6.61 Å². The van der Waals surface area contributed by atoms with Crippen molar-refractivity contribution < 1.29 is 41.0 Å². The summed E-state index contributed by atoms with van der Waals surface area (Å²) in [5, 5.41) is 17.6. The van der Waals surface area contributed by atoms with E-state index in [2.05, 4.69) is 32.7 Å². The number of hydrogen-bond acceptors (Lipinski definition) is 4. The summed E-state index contributed by atoms with van der Waals surface area (Å²) < 4.78 is 5.68. The molecule has 0 saturated carbocycles. The Balaban J connectivity index is 0. The first-order valence-corrected chi connectivity index (χ1v) is 8.87. The van der Waals surface area contributed by atoms with Gasteiger partial charge in [0.25, 0.3) is 0 Å². The topological polar surface area (TPSA) is 66.2 Å². The van der Waals surface area contributed by atoms with Gasteiger partial charge in [0, 0.05) is 17.8 Å². The summed E-state index contributed by atoms with van der Waals surface area (Å²) in [4.78, 5) is 4.13. The van der Waals surface area contributed by atoms with E-state index in [0.717, 1.165) is 12.0 Å². The number of rotatable bonds is 9. The van der Waals surface area contributed by atoms with Crippen LogP contribution in [0.5, 0.6) is 0 Å². The van der Waals surface area contributed by atoms with Gasteiger partial charge in [0.1, 0.15) is 6.10 Å². The van der Waals surface area contributed by atoms with Crippen molar-refractivity contribution in [2.45, 2.75) is 65.4 Å². The number of nitrogens with zero attached hydrogens (tertiary/aromatic N) is 1. The van der Waals surface area contributed by atoms with Gasteiger partial charge >= 0.3 is 31.1 Å². The largest absolute Gasteiger partial charge is 2.00 e. The van der Waals surface area contributed by atoms with Gasteiger partial charge in [0.05, 0.1) is 6.61 Å². The molecule has 0 saturated heterocycles. The summed E-state index contributed by atoms with van der Waals surface area (Å²) >= 11 is 0. The van der Waals surface area contributed by atoms with Gasteiger partial charge in [0.2, 0.25) is 0 Å². The summed E-state index contributed by atoms with van der Waals surface area (Å²) in [6.45, 7) is 14.0. The number of ether oxygens (including phenoxy) is 1. The molecule has 2 unspecified atom stereocenters. The van der Waals surface area contributed by atoms with Gasteiger partial charge in [-0.2, -0.15) is 12.8 Å². The zero-order valence-corrected chi connectivity index (χ0v) is 20.2. The molecule has 1 aromatic rings. The van der Waals surface area contributed by atoms with Crippen LogP contribution in [-0.2, 0) is 11.2 Å². The molecule has 0 fully saturated rings. The summed E-state index contributed by atoms with van der Waals surface area (Å²) in [6.07, 6.45) is 7.77. The van der Waals surface area contributed by atoms with Crippen LogP contribution < -0.4 is 0 Å². The Morgan fingerprint density at radius 2 is 2.00 bits per heavy atom. The molecule has 0 bridgehead atoms. The Kier molecular flexibility index (Phi) is 17.0. The molecule has 0 aliphatic heterocycles. The van der Waals surface area contributed by atoms with Crippen molar-refractivity contribution in [2.24, 2.45) is 5.41 Å². The molecule has 0 amide bonds. The van der Waals surface area contributed by atoms with Gasteiger partial charge in [-0.25, -0.2) is 0 Å². The zero-order chi connectivity index (χ0) is 18.4. The van der Waals surface area contributed by atoms with E-state index in [0.29, 0.717) is 25.7 Å². The molecule has 25 heavy (non-hydrogen) atoms. The quantitative estimate of drug-likeness (QED) is 0.258. The van der Waals surface area contributed by atoms with E-state index in [1.54, 1.807) is 6.20 Å². The van der Waals surface area contributed by atoms with Crippen LogP contribution in [0.3, 0.4) is 0 Å². The van der Waals surface area contributed by atoms with Crippen LogP contribution in [-0.4, -0.2) is 28.7 Å². The molecule has 5 heteroatoms. The second kappa shape index (κ2) is 15.9. The molecule has 140 valence electrons. The molecule has 0 radical (unpaired) electrons. The SMILES string of the molecule is CCC.[CH2-]CCC(C[CH2-])(Cc1cccnc1)C(=N)OC(CC)CO.[U+2]. The minimum atomic E-state index is -0.479. The normalized spacial score (nSPS) is 13.5. The molecule has 1 rings (SSSR count). The summed E-state index contributed by atoms with van der Waals surface area (Å²) in [5.41, 5.74) is 0.577. The number of aliphatic hydroxyl groups is 1. The van der Waals surface area contributed by atoms with E-state index in [-0.39, 0.29) is 49.7 Å². The number of pyridine rings is 1. The first kappa shape index (κ1) is 26.9. The number of aromatic nitrogens is 1. The predicted molar refractivity (Wildman–Crippen MR) is 101 cm³/mol. The minimum Gasteiger partial charge on any atom is -0.475 e. The standard InChI is InChI=1S/C17H26N2O2.C3H8.U/c1-4-9-17(6-3,11-14-8-7-10-19-12-14)16(18)21-15(5-2)13-20;1-3-2;/h7-8,10,12,15,18,20H,1,3-6,9,11,13H2,2H3;3H2,1-2H3;/q-2;;+2. The number of aliphatic hydroxyl groups excluding tert-OH is 1. The Bertz CT molecular complexity index is 439. The molecule has 0 spiro atoms. The van der Waals surface area contributed by atoms with Gasteiger partial charge < -0.3 is 23.7 Å². The maximum atomic E-state index is 9.27. The van der Waals surface area contributed by atoms with Gasteiger partial charge in [-0.15, -0.1) is 0 Å². The molecule has 0 aromatic carbocycles. The van der Waals surface area contributed by atoms with Crippen LogP contribution in [0.4, 0.5) is 0 Å². The zero-order valence-electron chi connectivity index (χ0n) is 16.1. The van der Waals surface area contributed by atoms with Crippen molar-refractivity contribution in [1.29, 1.82) is 5.41 Å². The van der Waals surface area contributed by atoms with Crippen molar-refractivity contribution in [3.05, 3.63) is 43.9 Å². The molecule has 2 N–H and O–H groups in total. The third kappa shape index (κ3) is 9.78. The number of hydrogen-bond donors (Lipinski definition) is 2. The molecule has 0 aliphatic rings. The Hall–Kier alpha value is -0.368. The van der Waals surface area contributed by atoms with Crippen molar-refractivity contribution >= 4 is 5.90 Å². The van der Waals surface area contributed by atoms with E-state index in [4.69, 9.17) is 10.1 Å².